The Bertz CT molecular complexity index is 625. The summed E-state index contributed by atoms with van der Waals surface area (Å²) < 4.78 is 24.1. The first-order chi connectivity index (χ1) is 8.74. The van der Waals surface area contributed by atoms with E-state index in [1.54, 1.807) is 18.2 Å². The molecule has 1 aliphatic heterocycles. The summed E-state index contributed by atoms with van der Waals surface area (Å²) in [7, 11) is -0.124. The van der Waals surface area contributed by atoms with Crippen LogP contribution >= 0.6 is 11.6 Å². The van der Waals surface area contributed by atoms with Gasteiger partial charge in [0.25, 0.3) is 0 Å². The van der Waals surface area contributed by atoms with Gasteiger partial charge in [-0.25, -0.2) is 4.39 Å². The standard InChI is InChI=1S/C13H7ClFO2Si/c14-9-3-1-8(2-4-9)13-11-7-10(15)5-6-12(11)16-18-17-13/h1-7H. The topological polar surface area (TPSA) is 20.5 Å². The fourth-order valence-corrected chi connectivity index (χ4v) is 2.49. The molecule has 0 bridgehead atoms. The second-order valence-electron chi connectivity index (χ2n) is 3.76. The highest BCUT2D eigenvalue weighted by atomic mass is 35.5. The Morgan fingerprint density at radius 2 is 1.89 bits per heavy atom. The molecule has 0 aromatic heterocycles. The van der Waals surface area contributed by atoms with E-state index in [9.17, 15) is 4.39 Å². The number of hydrogen-bond donors (Lipinski definition) is 0. The lowest BCUT2D eigenvalue weighted by Gasteiger charge is -2.17. The van der Waals surface area contributed by atoms with E-state index in [1.807, 2.05) is 12.1 Å². The minimum absolute atomic E-state index is 0.124. The van der Waals surface area contributed by atoms with E-state index in [0.717, 1.165) is 5.56 Å². The van der Waals surface area contributed by atoms with Crippen LogP contribution in [-0.4, -0.2) is 15.8 Å². The van der Waals surface area contributed by atoms with Crippen LogP contribution in [0.3, 0.4) is 0 Å². The van der Waals surface area contributed by atoms with Gasteiger partial charge in [0, 0.05) is 5.02 Å². The summed E-state index contributed by atoms with van der Waals surface area (Å²) in [6.07, 6.45) is 0. The second kappa shape index (κ2) is 4.55. The third-order valence-electron chi connectivity index (χ3n) is 2.59. The van der Waals surface area contributed by atoms with Crippen molar-refractivity contribution in [1.82, 2.24) is 0 Å². The number of fused-ring (bicyclic) bond motifs is 1. The number of carbonyl (C=O) groups excluding carboxylic acids is 1. The normalized spacial score (nSPS) is 13.1. The molecule has 0 spiro atoms. The van der Waals surface area contributed by atoms with Crippen molar-refractivity contribution in [1.29, 1.82) is 0 Å². The van der Waals surface area contributed by atoms with E-state index in [-0.39, 0.29) is 15.8 Å². The van der Waals surface area contributed by atoms with Gasteiger partial charge in [-0.1, -0.05) is 11.6 Å². The quantitative estimate of drug-likeness (QED) is 0.579. The summed E-state index contributed by atoms with van der Waals surface area (Å²) in [6, 6.07) is 11.6. The third-order valence-corrected chi connectivity index (χ3v) is 3.43. The summed E-state index contributed by atoms with van der Waals surface area (Å²) >= 11 is 5.84. The van der Waals surface area contributed by atoms with Crippen molar-refractivity contribution in [3.8, 4) is 5.75 Å². The molecule has 0 saturated carbocycles. The van der Waals surface area contributed by atoms with Crippen molar-refractivity contribution in [2.24, 2.45) is 0 Å². The van der Waals surface area contributed by atoms with E-state index in [4.69, 9.17) is 20.1 Å². The molecule has 1 aliphatic rings. The predicted molar refractivity (Wildman–Crippen MR) is 67.7 cm³/mol. The lowest BCUT2D eigenvalue weighted by atomic mass is 10.0. The van der Waals surface area contributed by atoms with Crippen LogP contribution in [-0.2, 0) is 0 Å². The molecule has 0 atom stereocenters. The van der Waals surface area contributed by atoms with E-state index in [0.29, 0.717) is 22.1 Å². The maximum Gasteiger partial charge on any atom is 0.424 e. The highest BCUT2D eigenvalue weighted by Crippen LogP contribution is 2.26. The first-order valence-corrected chi connectivity index (χ1v) is 6.45. The first-order valence-electron chi connectivity index (χ1n) is 5.25. The highest BCUT2D eigenvalue weighted by molar-refractivity contribution is 6.31. The zero-order valence-electron chi connectivity index (χ0n) is 9.11. The van der Waals surface area contributed by atoms with Gasteiger partial charge in [-0.2, -0.15) is 0 Å². The fourth-order valence-electron chi connectivity index (χ4n) is 1.75. The van der Waals surface area contributed by atoms with Crippen LogP contribution in [0.15, 0.2) is 42.5 Å². The van der Waals surface area contributed by atoms with Crippen molar-refractivity contribution in [2.75, 3.05) is 0 Å². The van der Waals surface area contributed by atoms with E-state index in [1.165, 1.54) is 12.1 Å². The Morgan fingerprint density at radius 3 is 2.67 bits per heavy atom. The van der Waals surface area contributed by atoms with Gasteiger partial charge in [-0.3, -0.25) is 0 Å². The Balaban J connectivity index is 2.11. The average Bonchev–Trinajstić information content (AvgIpc) is 2.39. The molecule has 0 aliphatic carbocycles. The third kappa shape index (κ3) is 2.05. The fraction of sp³-hybridized carbons (Fsp3) is 0. The average molecular weight is 278 g/mol. The molecule has 2 aromatic carbocycles. The zero-order valence-corrected chi connectivity index (χ0v) is 10.9. The maximum atomic E-state index is 13.3. The van der Waals surface area contributed by atoms with Crippen LogP contribution in [0.2, 0.25) is 5.02 Å². The number of benzene rings is 2. The smallest absolute Gasteiger partial charge is 0.424 e. The summed E-state index contributed by atoms with van der Waals surface area (Å²) in [6.45, 7) is 0. The van der Waals surface area contributed by atoms with Gasteiger partial charge in [-0.15, -0.1) is 0 Å². The molecule has 1 radical (unpaired) electrons. The SMILES string of the molecule is Fc1ccc2c(c1)C(c1ccc(Cl)cc1)=[O+][Si-]O2. The molecule has 89 valence electrons. The van der Waals surface area contributed by atoms with Gasteiger partial charge in [0.1, 0.15) is 11.4 Å². The largest absolute Gasteiger partial charge is 0.629 e. The number of hydrogen-bond acceptors (Lipinski definition) is 1. The molecule has 5 heteroatoms. The second-order valence-corrected chi connectivity index (χ2v) is 4.78. The molecule has 0 amide bonds. The molecule has 0 unspecified atom stereocenters. The van der Waals surface area contributed by atoms with E-state index >= 15 is 0 Å². The van der Waals surface area contributed by atoms with Gasteiger partial charge in [-0.05, 0) is 42.5 Å². The Hall–Kier alpha value is -1.65. The molecule has 2 nitrogen and oxygen atoms in total. The van der Waals surface area contributed by atoms with Crippen LogP contribution < -0.4 is 4.43 Å². The zero-order chi connectivity index (χ0) is 12.5. The Morgan fingerprint density at radius 1 is 1.11 bits per heavy atom. The minimum atomic E-state index is -0.322. The van der Waals surface area contributed by atoms with Gasteiger partial charge in [0.2, 0.25) is 0 Å². The van der Waals surface area contributed by atoms with Gasteiger partial charge in [0.15, 0.2) is 0 Å². The molecule has 2 aromatic rings. The van der Waals surface area contributed by atoms with Gasteiger partial charge in [0.05, 0.1) is 11.3 Å². The lowest BCUT2D eigenvalue weighted by Crippen LogP contribution is -2.17. The van der Waals surface area contributed by atoms with Crippen molar-refractivity contribution in [3.05, 3.63) is 64.4 Å². The molecule has 1 heterocycles. The van der Waals surface area contributed by atoms with Gasteiger partial charge >= 0.3 is 15.8 Å². The number of ketones is 1. The van der Waals surface area contributed by atoms with E-state index < -0.39 is 0 Å². The molecular weight excluding hydrogens is 271 g/mol. The van der Waals surface area contributed by atoms with Crippen LogP contribution in [0.1, 0.15) is 15.2 Å². The molecule has 18 heavy (non-hydrogen) atoms. The van der Waals surface area contributed by atoms with Gasteiger partial charge < -0.3 is 8.54 Å². The summed E-state index contributed by atoms with van der Waals surface area (Å²) in [4.78, 5) is 0. The minimum Gasteiger partial charge on any atom is -0.629 e. The van der Waals surface area contributed by atoms with Crippen LogP contribution in [0, 0.1) is 5.82 Å². The van der Waals surface area contributed by atoms with Crippen LogP contribution in [0.4, 0.5) is 4.39 Å². The molecule has 0 saturated heterocycles. The van der Waals surface area contributed by atoms with Crippen LogP contribution in [0.25, 0.3) is 0 Å². The summed E-state index contributed by atoms with van der Waals surface area (Å²) in [5.41, 5.74) is 1.47. The number of halogens is 2. The highest BCUT2D eigenvalue weighted by Gasteiger charge is 2.23. The van der Waals surface area contributed by atoms with Crippen molar-refractivity contribution < 1.29 is 12.9 Å². The monoisotopic (exact) mass is 277 g/mol. The number of rotatable bonds is 1. The molecule has 0 fully saturated rings. The van der Waals surface area contributed by atoms with Crippen LogP contribution in [0.5, 0.6) is 5.75 Å². The van der Waals surface area contributed by atoms with Crippen molar-refractivity contribution >= 4 is 27.4 Å². The van der Waals surface area contributed by atoms with E-state index in [2.05, 4.69) is 0 Å². The Kier molecular flexibility index (Phi) is 2.89. The van der Waals surface area contributed by atoms with Crippen molar-refractivity contribution in [3.63, 3.8) is 0 Å². The maximum absolute atomic E-state index is 13.3. The molecular formula is C13H7ClFO2Si. The predicted octanol–water partition coefficient (Wildman–Crippen LogP) is 3.17. The molecule has 3 rings (SSSR count). The summed E-state index contributed by atoms with van der Waals surface area (Å²) in [5, 5.41) is 0.647. The Labute approximate surface area is 111 Å². The lowest BCUT2D eigenvalue weighted by molar-refractivity contribution is -0.100. The first kappa shape index (κ1) is 11.4. The molecule has 0 N–H and O–H groups in total. The van der Waals surface area contributed by atoms with Crippen molar-refractivity contribution in [2.45, 2.75) is 0 Å². The summed E-state index contributed by atoms with van der Waals surface area (Å²) in [5.74, 6) is 0.925.